The van der Waals surface area contributed by atoms with Gasteiger partial charge in [-0.15, -0.1) is 0 Å². The molecule has 1 amide bonds. The second-order valence-corrected chi connectivity index (χ2v) is 4.73. The van der Waals surface area contributed by atoms with E-state index in [9.17, 15) is 4.79 Å². The van der Waals surface area contributed by atoms with Gasteiger partial charge in [0.2, 0.25) is 5.91 Å². The quantitative estimate of drug-likeness (QED) is 0.700. The average Bonchev–Trinajstić information content (AvgIpc) is 2.87. The smallest absolute Gasteiger partial charge is 0.234 e. The molecule has 0 aromatic heterocycles. The van der Waals surface area contributed by atoms with Gasteiger partial charge in [-0.1, -0.05) is 13.8 Å². The third kappa shape index (κ3) is 3.29. The van der Waals surface area contributed by atoms with Gasteiger partial charge in [0.05, 0.1) is 6.04 Å². The molecule has 0 aliphatic heterocycles. The number of nitrogens with two attached hydrogens (primary N) is 1. The van der Waals surface area contributed by atoms with Gasteiger partial charge in [0, 0.05) is 6.04 Å². The van der Waals surface area contributed by atoms with Crippen molar-refractivity contribution < 1.29 is 4.79 Å². The second-order valence-electron chi connectivity index (χ2n) is 4.73. The van der Waals surface area contributed by atoms with Crippen LogP contribution in [0.15, 0.2) is 0 Å². The van der Waals surface area contributed by atoms with E-state index in [4.69, 9.17) is 5.73 Å². The summed E-state index contributed by atoms with van der Waals surface area (Å²) in [6.45, 7) is 7.34. The molecule has 1 rings (SSSR count). The number of carbonyl (C=O) groups excluding carboxylic acids is 1. The minimum Gasteiger partial charge on any atom is -0.368 e. The molecule has 0 spiro atoms. The molecule has 82 valence electrons. The molecule has 0 bridgehead atoms. The highest BCUT2D eigenvalue weighted by molar-refractivity contribution is 5.79. The van der Waals surface area contributed by atoms with Crippen molar-refractivity contribution in [2.45, 2.75) is 52.1 Å². The number of amides is 1. The van der Waals surface area contributed by atoms with E-state index >= 15 is 0 Å². The molecule has 0 saturated heterocycles. The molecule has 1 saturated carbocycles. The molecule has 3 heteroatoms. The van der Waals surface area contributed by atoms with Gasteiger partial charge < -0.3 is 5.73 Å². The largest absolute Gasteiger partial charge is 0.368 e. The normalized spacial score (nSPS) is 18.9. The monoisotopic (exact) mass is 198 g/mol. The highest BCUT2D eigenvalue weighted by Gasteiger charge is 2.33. The summed E-state index contributed by atoms with van der Waals surface area (Å²) < 4.78 is 0. The molecule has 0 heterocycles. The van der Waals surface area contributed by atoms with Gasteiger partial charge in [-0.3, -0.25) is 9.69 Å². The van der Waals surface area contributed by atoms with Crippen LogP contribution in [0.5, 0.6) is 0 Å². The number of nitrogens with zero attached hydrogens (tertiary/aromatic N) is 1. The molecule has 2 N–H and O–H groups in total. The third-order valence-corrected chi connectivity index (χ3v) is 2.89. The molecule has 3 nitrogen and oxygen atoms in total. The Kier molecular flexibility index (Phi) is 3.93. The summed E-state index contributed by atoms with van der Waals surface area (Å²) in [4.78, 5) is 13.4. The lowest BCUT2D eigenvalue weighted by atomic mass is 10.1. The minimum atomic E-state index is -0.194. The number of hydrogen-bond donors (Lipinski definition) is 1. The summed E-state index contributed by atoms with van der Waals surface area (Å²) in [5.41, 5.74) is 5.33. The zero-order valence-electron chi connectivity index (χ0n) is 9.49. The summed E-state index contributed by atoms with van der Waals surface area (Å²) in [7, 11) is 0. The maximum absolute atomic E-state index is 11.1. The van der Waals surface area contributed by atoms with Crippen LogP contribution >= 0.6 is 0 Å². The molecule has 0 aromatic rings. The molecule has 1 atom stereocenters. The molecular formula is C11H22N2O. The third-order valence-electron chi connectivity index (χ3n) is 2.89. The lowest BCUT2D eigenvalue weighted by molar-refractivity contribution is -0.123. The highest BCUT2D eigenvalue weighted by atomic mass is 16.1. The number of carbonyl (C=O) groups is 1. The number of rotatable bonds is 6. The number of primary amides is 1. The number of hydrogen-bond acceptors (Lipinski definition) is 2. The minimum absolute atomic E-state index is 0.0961. The predicted molar refractivity (Wildman–Crippen MR) is 57.8 cm³/mol. The Morgan fingerprint density at radius 3 is 2.36 bits per heavy atom. The van der Waals surface area contributed by atoms with Gasteiger partial charge in [-0.05, 0) is 38.6 Å². The zero-order chi connectivity index (χ0) is 10.7. The zero-order valence-corrected chi connectivity index (χ0v) is 9.49. The Balaban J connectivity index is 2.42. The van der Waals surface area contributed by atoms with E-state index in [1.807, 2.05) is 6.92 Å². The van der Waals surface area contributed by atoms with Crippen LogP contribution in [0.2, 0.25) is 0 Å². The summed E-state index contributed by atoms with van der Waals surface area (Å²) in [6, 6.07) is 0.525. The van der Waals surface area contributed by atoms with Crippen LogP contribution in [0.3, 0.4) is 0 Å². The van der Waals surface area contributed by atoms with Crippen LogP contribution in [0.25, 0.3) is 0 Å². The van der Waals surface area contributed by atoms with Crippen LogP contribution < -0.4 is 5.73 Å². The van der Waals surface area contributed by atoms with E-state index in [1.165, 1.54) is 12.8 Å². The molecule has 1 aliphatic rings. The molecule has 1 unspecified atom stereocenters. The standard InChI is InChI=1S/C11H22N2O/c1-8(2)6-7-13(10-4-5-10)9(3)11(12)14/h8-10H,4-7H2,1-3H3,(H2,12,14). The Bertz CT molecular complexity index is 199. The van der Waals surface area contributed by atoms with Crippen LogP contribution in [-0.2, 0) is 4.79 Å². The molecule has 14 heavy (non-hydrogen) atoms. The summed E-state index contributed by atoms with van der Waals surface area (Å²) >= 11 is 0. The molecule has 0 radical (unpaired) electrons. The van der Waals surface area contributed by atoms with Gasteiger partial charge >= 0.3 is 0 Å². The summed E-state index contributed by atoms with van der Waals surface area (Å²) in [6.07, 6.45) is 3.61. The van der Waals surface area contributed by atoms with Gasteiger partial charge in [-0.2, -0.15) is 0 Å². The van der Waals surface area contributed by atoms with Crippen LogP contribution in [0.1, 0.15) is 40.0 Å². The first-order valence-electron chi connectivity index (χ1n) is 5.57. The van der Waals surface area contributed by atoms with Crippen molar-refractivity contribution in [1.29, 1.82) is 0 Å². The van der Waals surface area contributed by atoms with E-state index in [1.54, 1.807) is 0 Å². The molecule has 0 aromatic carbocycles. The second kappa shape index (κ2) is 4.78. The lowest BCUT2D eigenvalue weighted by Crippen LogP contribution is -2.44. The van der Waals surface area contributed by atoms with E-state index in [0.29, 0.717) is 12.0 Å². The summed E-state index contributed by atoms with van der Waals surface area (Å²) in [5.74, 6) is 0.497. The van der Waals surface area contributed by atoms with Gasteiger partial charge in [0.15, 0.2) is 0 Å². The van der Waals surface area contributed by atoms with Crippen molar-refractivity contribution in [2.75, 3.05) is 6.54 Å². The van der Waals surface area contributed by atoms with E-state index in [-0.39, 0.29) is 11.9 Å². The van der Waals surface area contributed by atoms with E-state index < -0.39 is 0 Å². The maximum Gasteiger partial charge on any atom is 0.234 e. The lowest BCUT2D eigenvalue weighted by Gasteiger charge is -2.27. The fourth-order valence-corrected chi connectivity index (χ4v) is 1.67. The maximum atomic E-state index is 11.1. The van der Waals surface area contributed by atoms with Gasteiger partial charge in [-0.25, -0.2) is 0 Å². The fraction of sp³-hybridized carbons (Fsp3) is 0.909. The van der Waals surface area contributed by atoms with Gasteiger partial charge in [0.1, 0.15) is 0 Å². The predicted octanol–water partition coefficient (Wildman–Crippen LogP) is 1.37. The van der Waals surface area contributed by atoms with Gasteiger partial charge in [0.25, 0.3) is 0 Å². The van der Waals surface area contributed by atoms with Crippen molar-refractivity contribution in [2.24, 2.45) is 11.7 Å². The SMILES string of the molecule is CC(C)CCN(C1CC1)C(C)C(N)=O. The van der Waals surface area contributed by atoms with E-state index in [0.717, 1.165) is 13.0 Å². The molecular weight excluding hydrogens is 176 g/mol. The Hall–Kier alpha value is -0.570. The van der Waals surface area contributed by atoms with Crippen molar-refractivity contribution >= 4 is 5.91 Å². The summed E-state index contributed by atoms with van der Waals surface area (Å²) in [5, 5.41) is 0. The Morgan fingerprint density at radius 2 is 2.00 bits per heavy atom. The first-order chi connectivity index (χ1) is 6.52. The fourth-order valence-electron chi connectivity index (χ4n) is 1.67. The first-order valence-corrected chi connectivity index (χ1v) is 5.57. The van der Waals surface area contributed by atoms with Crippen molar-refractivity contribution in [3.05, 3.63) is 0 Å². The Labute approximate surface area is 86.6 Å². The first kappa shape index (κ1) is 11.5. The van der Waals surface area contributed by atoms with Crippen LogP contribution in [0.4, 0.5) is 0 Å². The topological polar surface area (TPSA) is 46.3 Å². The van der Waals surface area contributed by atoms with Crippen LogP contribution in [-0.4, -0.2) is 29.4 Å². The van der Waals surface area contributed by atoms with E-state index in [2.05, 4.69) is 18.7 Å². The van der Waals surface area contributed by atoms with Crippen molar-refractivity contribution in [3.63, 3.8) is 0 Å². The Morgan fingerprint density at radius 1 is 1.43 bits per heavy atom. The van der Waals surface area contributed by atoms with Crippen molar-refractivity contribution in [3.8, 4) is 0 Å². The highest BCUT2D eigenvalue weighted by Crippen LogP contribution is 2.29. The molecule has 1 aliphatic carbocycles. The average molecular weight is 198 g/mol. The van der Waals surface area contributed by atoms with Crippen molar-refractivity contribution in [1.82, 2.24) is 4.90 Å². The molecule has 1 fully saturated rings. The van der Waals surface area contributed by atoms with Crippen LogP contribution in [0, 0.1) is 5.92 Å².